The first-order valence-corrected chi connectivity index (χ1v) is 27.9. The Morgan fingerprint density at radius 3 is 2.62 bits per heavy atom. The van der Waals surface area contributed by atoms with Gasteiger partial charge in [-0.2, -0.15) is 15.2 Å². The minimum Gasteiger partial charge on any atom is -0.490 e. The van der Waals surface area contributed by atoms with Crippen molar-refractivity contribution in [2.24, 2.45) is 5.41 Å². The molecule has 3 saturated heterocycles. The number of aromatic nitrogens is 4. The molecule has 4 aromatic heterocycles. The second-order valence-corrected chi connectivity index (χ2v) is 23.7. The lowest BCUT2D eigenvalue weighted by Gasteiger charge is -2.44. The Labute approximate surface area is 461 Å². The van der Waals surface area contributed by atoms with E-state index in [1.165, 1.54) is 12.1 Å². The molecule has 5 aliphatic heterocycles. The van der Waals surface area contributed by atoms with Crippen LogP contribution in [0.5, 0.6) is 11.8 Å². The van der Waals surface area contributed by atoms with Crippen LogP contribution in [-0.4, -0.2) is 109 Å². The van der Waals surface area contributed by atoms with Crippen molar-refractivity contribution < 1.29 is 42.1 Å². The molecule has 3 N–H and O–H groups in total. The average molecular weight is 1120 g/mol. The molecule has 1 unspecified atom stereocenters. The number of alkyl halides is 1. The van der Waals surface area contributed by atoms with Gasteiger partial charge >= 0.3 is 12.0 Å². The summed E-state index contributed by atoms with van der Waals surface area (Å²) in [6.45, 7) is 13.1. The van der Waals surface area contributed by atoms with E-state index in [0.717, 1.165) is 47.2 Å². The Morgan fingerprint density at radius 2 is 1.87 bits per heavy atom. The summed E-state index contributed by atoms with van der Waals surface area (Å²) in [6, 6.07) is 12.9. The number of cyclic esters (lactones) is 1. The van der Waals surface area contributed by atoms with Gasteiger partial charge in [0.1, 0.15) is 59.5 Å². The van der Waals surface area contributed by atoms with E-state index in [2.05, 4.69) is 9.88 Å². The zero-order chi connectivity index (χ0) is 55.8. The number of nitriles is 1. The molecule has 0 spiro atoms. The number of thiophene rings is 1. The molecule has 12 rings (SSSR count). The molecule has 3 fully saturated rings. The standard InChI is InChI=1S/C58H57ClF3N9O7S/c1-7-32-34-18-31(10-13-42(34)65-47-37(32)25-71-43(47)20-39-38(52(71)72)26-76-54(74)58(39,75)8-2)78-29(4)56(5,6)53(73)68-16-17-70(28(3)23-68)51-35-19-40(59)45(33-11-12-41(61)49-44(33)36(22-63)50(64)79-49)46(62)48(35)66-55(67-51)77-27-57-14-9-15-69(57)24-30(60)21-57/h10-13,18-20,28-30,75H,7-9,14-17,21,23-27,64H2,1-6H3/t28-,29?,30+,57-,58-/m0/s1. The summed E-state index contributed by atoms with van der Waals surface area (Å²) in [5.41, 5.74) is 6.33. The van der Waals surface area contributed by atoms with Crippen molar-refractivity contribution in [1.82, 2.24) is 29.3 Å². The van der Waals surface area contributed by atoms with Crippen LogP contribution in [0.4, 0.5) is 24.0 Å². The molecule has 0 bridgehead atoms. The zero-order valence-electron chi connectivity index (χ0n) is 44.4. The second-order valence-electron chi connectivity index (χ2n) is 22.2. The van der Waals surface area contributed by atoms with Gasteiger partial charge in [-0.05, 0) is 107 Å². The number of rotatable bonds is 11. The molecule has 7 aromatic rings. The van der Waals surface area contributed by atoms with Gasteiger partial charge in [0.15, 0.2) is 11.4 Å². The number of aliphatic hydroxyl groups is 1. The van der Waals surface area contributed by atoms with E-state index in [0.29, 0.717) is 47.9 Å². The average Bonchev–Trinajstić information content (AvgIpc) is 4.40. The number of nitrogens with two attached hydrogens (primary N) is 1. The summed E-state index contributed by atoms with van der Waals surface area (Å²) >= 11 is 7.92. The van der Waals surface area contributed by atoms with Crippen LogP contribution in [0.1, 0.15) is 95.0 Å². The Kier molecular flexibility index (Phi) is 12.7. The number of piperazine rings is 1. The van der Waals surface area contributed by atoms with Gasteiger partial charge in [0.25, 0.3) is 5.56 Å². The van der Waals surface area contributed by atoms with E-state index >= 15 is 8.78 Å². The fourth-order valence-electron chi connectivity index (χ4n) is 12.9. The monoisotopic (exact) mass is 1120 g/mol. The predicted octanol–water partition coefficient (Wildman–Crippen LogP) is 9.34. The van der Waals surface area contributed by atoms with Crippen molar-refractivity contribution in [3.63, 3.8) is 0 Å². The minimum absolute atomic E-state index is 0.00314. The van der Waals surface area contributed by atoms with Crippen LogP contribution in [0.3, 0.4) is 0 Å². The molecule has 9 heterocycles. The third kappa shape index (κ3) is 8.11. The number of nitrogen functional groups attached to an aromatic ring is 1. The van der Waals surface area contributed by atoms with Crippen LogP contribution in [-0.2, 0) is 39.5 Å². The third-order valence-corrected chi connectivity index (χ3v) is 18.8. The van der Waals surface area contributed by atoms with Crippen LogP contribution in [0.25, 0.3) is 54.4 Å². The number of fused-ring (bicyclic) bond motifs is 8. The lowest BCUT2D eigenvalue weighted by atomic mass is 9.85. The number of amides is 1. The Bertz CT molecular complexity index is 3890. The number of halogens is 4. The van der Waals surface area contributed by atoms with Crippen molar-refractivity contribution in [1.29, 1.82) is 5.26 Å². The summed E-state index contributed by atoms with van der Waals surface area (Å²) in [4.78, 5) is 61.9. The van der Waals surface area contributed by atoms with E-state index in [1.54, 1.807) is 34.6 Å². The number of carbonyl (C=O) groups is 2. The van der Waals surface area contributed by atoms with Crippen LogP contribution < -0.4 is 25.7 Å². The molecule has 1 amide bonds. The SMILES string of the molecule is CCc1c2c(nc3ccc(OC(C)C(C)(C)C(=O)N4CCN(c5nc(OC[C@@]67CCCN6C[C@H](F)C7)nc6c(F)c(-c7ccc(F)c8sc(N)c(C#N)c78)c(Cl)cc56)[C@@H](C)C4)cc13)-c1cc3c(c(=O)n1C2)COC(=O)[C@]3(O)CC. The first-order valence-electron chi connectivity index (χ1n) is 26.7. The number of anilines is 2. The topological polar surface area (TPSA) is 202 Å². The number of nitrogens with zero attached hydrogens (tertiary/aromatic N) is 8. The largest absolute Gasteiger partial charge is 0.490 e. The molecule has 5 aliphatic rings. The Hall–Kier alpha value is -7.05. The molecular weight excluding hydrogens is 1060 g/mol. The van der Waals surface area contributed by atoms with Gasteiger partial charge in [-0.3, -0.25) is 14.5 Å². The maximum Gasteiger partial charge on any atom is 0.343 e. The highest BCUT2D eigenvalue weighted by atomic mass is 35.5. The summed E-state index contributed by atoms with van der Waals surface area (Å²) < 4.78 is 67.6. The Morgan fingerprint density at radius 1 is 1.08 bits per heavy atom. The summed E-state index contributed by atoms with van der Waals surface area (Å²) in [6.07, 6.45) is 0.898. The van der Waals surface area contributed by atoms with Crippen LogP contribution >= 0.6 is 22.9 Å². The molecule has 0 aliphatic carbocycles. The zero-order valence-corrected chi connectivity index (χ0v) is 46.0. The third-order valence-electron chi connectivity index (χ3n) is 17.5. The van der Waals surface area contributed by atoms with Crippen molar-refractivity contribution in [2.45, 2.75) is 116 Å². The highest BCUT2D eigenvalue weighted by Gasteiger charge is 2.50. The van der Waals surface area contributed by atoms with E-state index in [1.807, 2.05) is 57.7 Å². The fraction of sp³-hybridized carbons (Fsp3) is 0.431. The van der Waals surface area contributed by atoms with Gasteiger partial charge < -0.3 is 39.4 Å². The predicted molar refractivity (Wildman–Crippen MR) is 294 cm³/mol. The van der Waals surface area contributed by atoms with E-state index in [9.17, 15) is 29.1 Å². The number of pyridine rings is 2. The minimum atomic E-state index is -1.94. The fourth-order valence-corrected chi connectivity index (χ4v) is 14.1. The highest BCUT2D eigenvalue weighted by molar-refractivity contribution is 7.23. The lowest BCUT2D eigenvalue weighted by molar-refractivity contribution is -0.172. The first-order chi connectivity index (χ1) is 37.7. The van der Waals surface area contributed by atoms with Crippen molar-refractivity contribution in [3.8, 4) is 40.3 Å². The normalized spacial score (nSPS) is 22.2. The molecule has 16 nitrogen and oxygen atoms in total. The van der Waals surface area contributed by atoms with Gasteiger partial charge in [0.2, 0.25) is 5.91 Å². The van der Waals surface area contributed by atoms with Gasteiger partial charge in [0, 0.05) is 71.5 Å². The number of aryl methyl sites for hydroxylation is 1. The number of benzene rings is 3. The van der Waals surface area contributed by atoms with Crippen molar-refractivity contribution >= 4 is 77.5 Å². The summed E-state index contributed by atoms with van der Waals surface area (Å²) in [5, 5.41) is 22.7. The van der Waals surface area contributed by atoms with Crippen molar-refractivity contribution in [3.05, 3.63) is 97.3 Å². The number of carbonyl (C=O) groups excluding carboxylic acids is 2. The number of hydrogen-bond acceptors (Lipinski definition) is 15. The molecule has 410 valence electrons. The molecule has 0 saturated carbocycles. The number of ether oxygens (including phenoxy) is 3. The molecule has 5 atom stereocenters. The maximum atomic E-state index is 17.6. The van der Waals surface area contributed by atoms with Gasteiger partial charge in [-0.25, -0.2) is 22.9 Å². The molecule has 79 heavy (non-hydrogen) atoms. The van der Waals surface area contributed by atoms with Crippen LogP contribution in [0.15, 0.2) is 47.3 Å². The van der Waals surface area contributed by atoms with Crippen molar-refractivity contribution in [2.75, 3.05) is 50.0 Å². The molecular formula is C58H57ClF3N9O7S. The number of hydrogen-bond donors (Lipinski definition) is 2. The maximum absolute atomic E-state index is 17.6. The molecule has 3 aromatic carbocycles. The molecule has 0 radical (unpaired) electrons. The summed E-state index contributed by atoms with van der Waals surface area (Å²) in [7, 11) is 0. The van der Waals surface area contributed by atoms with Gasteiger partial charge in [0.05, 0.1) is 55.3 Å². The smallest absolute Gasteiger partial charge is 0.343 e. The van der Waals surface area contributed by atoms with Crippen LogP contribution in [0.2, 0.25) is 5.02 Å². The van der Waals surface area contributed by atoms with Gasteiger partial charge in [-0.1, -0.05) is 31.5 Å². The van der Waals surface area contributed by atoms with Gasteiger partial charge in [-0.15, -0.1) is 11.3 Å². The first kappa shape index (κ1) is 52.6. The van der Waals surface area contributed by atoms with Crippen LogP contribution in [0, 0.1) is 28.4 Å². The van der Waals surface area contributed by atoms with E-state index in [-0.39, 0.29) is 128 Å². The van der Waals surface area contributed by atoms with E-state index < -0.39 is 46.4 Å². The number of esters is 1. The van der Waals surface area contributed by atoms with E-state index in [4.69, 9.17) is 41.5 Å². The molecule has 21 heteroatoms. The quantitative estimate of drug-likeness (QED) is 0.116. The summed E-state index contributed by atoms with van der Waals surface area (Å²) in [5.74, 6) is -1.56. The highest BCUT2D eigenvalue weighted by Crippen LogP contribution is 2.48. The lowest BCUT2D eigenvalue weighted by Crippen LogP contribution is -2.58. The Balaban J connectivity index is 0.820. The second kappa shape index (κ2) is 19.1.